The number of halogens is 1. The van der Waals surface area contributed by atoms with Gasteiger partial charge in [-0.1, -0.05) is 42.8 Å². The fourth-order valence-corrected chi connectivity index (χ4v) is 4.01. The molecule has 0 unspecified atom stereocenters. The fraction of sp³-hybridized carbons (Fsp3) is 0.348. The van der Waals surface area contributed by atoms with E-state index in [1.165, 1.54) is 10.8 Å². The van der Waals surface area contributed by atoms with Crippen LogP contribution in [0.1, 0.15) is 6.92 Å². The first-order valence-electron chi connectivity index (χ1n) is 10.1. The first-order valence-corrected chi connectivity index (χ1v) is 10.5. The number of aromatic nitrogens is 1. The van der Waals surface area contributed by atoms with E-state index < -0.39 is 0 Å². The van der Waals surface area contributed by atoms with E-state index >= 15 is 0 Å². The summed E-state index contributed by atoms with van der Waals surface area (Å²) in [4.78, 5) is 9.90. The van der Waals surface area contributed by atoms with Crippen molar-refractivity contribution in [3.8, 4) is 17.0 Å². The zero-order valence-electron chi connectivity index (χ0n) is 16.6. The van der Waals surface area contributed by atoms with Crippen LogP contribution in [0.4, 0.5) is 5.82 Å². The highest BCUT2D eigenvalue weighted by Gasteiger charge is 2.20. The van der Waals surface area contributed by atoms with E-state index in [2.05, 4.69) is 47.1 Å². The van der Waals surface area contributed by atoms with Crippen molar-refractivity contribution in [3.05, 3.63) is 53.6 Å². The Kier molecular flexibility index (Phi) is 6.19. The molecule has 1 aliphatic rings. The Hall–Kier alpha value is -2.34. The fourth-order valence-electron chi connectivity index (χ4n) is 3.78. The van der Waals surface area contributed by atoms with Gasteiger partial charge in [0.1, 0.15) is 18.2 Å². The summed E-state index contributed by atoms with van der Waals surface area (Å²) in [6.45, 7) is 7.54. The highest BCUT2D eigenvalue weighted by Crippen LogP contribution is 2.34. The summed E-state index contributed by atoms with van der Waals surface area (Å²) in [5, 5.41) is 11.8. The average molecular weight is 412 g/mol. The zero-order valence-corrected chi connectivity index (χ0v) is 17.4. The lowest BCUT2D eigenvalue weighted by Crippen LogP contribution is -2.46. The summed E-state index contributed by atoms with van der Waals surface area (Å²) in [6, 6.07) is 16.2. The van der Waals surface area contributed by atoms with E-state index in [9.17, 15) is 0 Å². The number of nitrogens with zero attached hydrogens (tertiary/aromatic N) is 3. The van der Waals surface area contributed by atoms with Crippen LogP contribution in [0.5, 0.6) is 5.75 Å². The summed E-state index contributed by atoms with van der Waals surface area (Å²) >= 11 is 6.40. The second-order valence-corrected chi connectivity index (χ2v) is 7.60. The topological polar surface area (TPSA) is 48.8 Å². The number of aliphatic hydroxyl groups is 1. The van der Waals surface area contributed by atoms with Crippen molar-refractivity contribution in [2.24, 2.45) is 0 Å². The quantitative estimate of drug-likeness (QED) is 0.662. The first-order chi connectivity index (χ1) is 14.2. The molecule has 1 fully saturated rings. The summed E-state index contributed by atoms with van der Waals surface area (Å²) < 4.78 is 5.47. The highest BCUT2D eigenvalue weighted by atomic mass is 35.5. The monoisotopic (exact) mass is 411 g/mol. The Bertz CT molecular complexity index is 987. The Labute approximate surface area is 176 Å². The van der Waals surface area contributed by atoms with Crippen molar-refractivity contribution in [3.63, 3.8) is 0 Å². The van der Waals surface area contributed by atoms with Crippen molar-refractivity contribution in [2.75, 3.05) is 50.8 Å². The molecule has 1 N–H and O–H groups in total. The molecule has 5 nitrogen and oxygen atoms in total. The lowest BCUT2D eigenvalue weighted by Gasteiger charge is -2.35. The summed E-state index contributed by atoms with van der Waals surface area (Å²) in [5.41, 5.74) is 1.85. The van der Waals surface area contributed by atoms with Crippen LogP contribution >= 0.6 is 11.6 Å². The van der Waals surface area contributed by atoms with Gasteiger partial charge < -0.3 is 19.6 Å². The van der Waals surface area contributed by atoms with Crippen molar-refractivity contribution < 1.29 is 9.84 Å². The molecule has 0 radical (unpaired) electrons. The molecule has 0 aliphatic carbocycles. The van der Waals surface area contributed by atoms with Gasteiger partial charge >= 0.3 is 0 Å². The lowest BCUT2D eigenvalue weighted by molar-refractivity contribution is 0.201. The van der Waals surface area contributed by atoms with E-state index in [1.54, 1.807) is 0 Å². The van der Waals surface area contributed by atoms with Crippen molar-refractivity contribution in [1.29, 1.82) is 0 Å². The van der Waals surface area contributed by atoms with Gasteiger partial charge in [0.25, 0.3) is 0 Å². The number of anilines is 1. The maximum absolute atomic E-state index is 8.95. The number of fused-ring (bicyclic) bond motifs is 1. The van der Waals surface area contributed by atoms with E-state index in [0.29, 0.717) is 10.8 Å². The minimum Gasteiger partial charge on any atom is -0.490 e. The highest BCUT2D eigenvalue weighted by molar-refractivity contribution is 6.32. The molecule has 0 amide bonds. The number of likely N-dealkylation sites (N-methyl/N-ethyl adjacent to an activating group) is 1. The van der Waals surface area contributed by atoms with E-state index in [-0.39, 0.29) is 13.2 Å². The van der Waals surface area contributed by atoms with Gasteiger partial charge in [-0.3, -0.25) is 0 Å². The zero-order chi connectivity index (χ0) is 20.2. The number of piperazine rings is 1. The van der Waals surface area contributed by atoms with Gasteiger partial charge in [-0.2, -0.15) is 0 Å². The Balaban J connectivity index is 1.71. The largest absolute Gasteiger partial charge is 0.490 e. The minimum atomic E-state index is -0.0427. The number of aliphatic hydroxyl groups excluding tert-OH is 1. The van der Waals surface area contributed by atoms with Crippen molar-refractivity contribution in [1.82, 2.24) is 9.88 Å². The molecule has 0 saturated carbocycles. The Morgan fingerprint density at radius 2 is 1.86 bits per heavy atom. The van der Waals surface area contributed by atoms with Crippen LogP contribution in [0.2, 0.25) is 5.02 Å². The molecular weight excluding hydrogens is 386 g/mol. The molecule has 1 aromatic heterocycles. The van der Waals surface area contributed by atoms with Crippen LogP contribution in [0, 0.1) is 0 Å². The number of rotatable bonds is 6. The number of benzene rings is 2. The van der Waals surface area contributed by atoms with Crippen LogP contribution in [-0.2, 0) is 0 Å². The van der Waals surface area contributed by atoms with Crippen LogP contribution in [-0.4, -0.2) is 60.9 Å². The summed E-state index contributed by atoms with van der Waals surface area (Å²) in [7, 11) is 0. The van der Waals surface area contributed by atoms with Gasteiger partial charge in [0.15, 0.2) is 0 Å². The molecule has 2 aromatic carbocycles. The predicted molar refractivity (Wildman–Crippen MR) is 119 cm³/mol. The van der Waals surface area contributed by atoms with Gasteiger partial charge in [-0.25, -0.2) is 4.98 Å². The van der Waals surface area contributed by atoms with Crippen LogP contribution in [0.25, 0.3) is 22.0 Å². The Morgan fingerprint density at radius 1 is 1.07 bits per heavy atom. The van der Waals surface area contributed by atoms with Gasteiger partial charge in [0.2, 0.25) is 0 Å². The molecule has 152 valence electrons. The second kappa shape index (κ2) is 8.99. The number of pyridine rings is 1. The van der Waals surface area contributed by atoms with E-state index in [4.69, 9.17) is 26.4 Å². The molecular formula is C23H26ClN3O2. The normalized spacial score (nSPS) is 15.1. The van der Waals surface area contributed by atoms with Gasteiger partial charge in [-0.05, 0) is 36.2 Å². The average Bonchev–Trinajstić information content (AvgIpc) is 2.77. The minimum absolute atomic E-state index is 0.0427. The van der Waals surface area contributed by atoms with Gasteiger partial charge in [0, 0.05) is 37.1 Å². The van der Waals surface area contributed by atoms with E-state index in [0.717, 1.165) is 49.8 Å². The molecule has 6 heteroatoms. The van der Waals surface area contributed by atoms with Crippen molar-refractivity contribution in [2.45, 2.75) is 6.92 Å². The number of hydrogen-bond donors (Lipinski definition) is 1. The van der Waals surface area contributed by atoms with E-state index in [1.807, 2.05) is 18.2 Å². The van der Waals surface area contributed by atoms with Crippen molar-refractivity contribution >= 4 is 28.2 Å². The van der Waals surface area contributed by atoms with Crippen LogP contribution in [0.3, 0.4) is 0 Å². The number of ether oxygens (including phenoxy) is 1. The van der Waals surface area contributed by atoms with Gasteiger partial charge in [0.05, 0.1) is 17.3 Å². The smallest absolute Gasteiger partial charge is 0.138 e. The second-order valence-electron chi connectivity index (χ2n) is 7.19. The SMILES string of the molecule is CCN1CCN(c2nc(-c3ccc(OCCO)c(Cl)c3)cc3ccccc23)CC1. The first kappa shape index (κ1) is 20.0. The molecule has 3 aromatic rings. The molecule has 0 atom stereocenters. The molecule has 1 aliphatic heterocycles. The summed E-state index contributed by atoms with van der Waals surface area (Å²) in [6.07, 6.45) is 0. The molecule has 0 bridgehead atoms. The molecule has 1 saturated heterocycles. The molecule has 2 heterocycles. The maximum atomic E-state index is 8.95. The molecule has 29 heavy (non-hydrogen) atoms. The molecule has 0 spiro atoms. The lowest BCUT2D eigenvalue weighted by atomic mass is 10.1. The summed E-state index contributed by atoms with van der Waals surface area (Å²) in [5.74, 6) is 1.60. The standard InChI is InChI=1S/C23H26ClN3O2/c1-2-26-9-11-27(12-10-26)23-19-6-4-3-5-17(19)16-21(25-23)18-7-8-22(20(24)15-18)29-14-13-28/h3-8,15-16,28H,2,9-14H2,1H3. The third kappa shape index (κ3) is 4.32. The van der Waals surface area contributed by atoms with Crippen LogP contribution in [0.15, 0.2) is 48.5 Å². The Morgan fingerprint density at radius 3 is 2.59 bits per heavy atom. The third-order valence-electron chi connectivity index (χ3n) is 5.42. The number of hydrogen-bond acceptors (Lipinski definition) is 5. The van der Waals surface area contributed by atoms with Gasteiger partial charge in [-0.15, -0.1) is 0 Å². The predicted octanol–water partition coefficient (Wildman–Crippen LogP) is 4.07. The van der Waals surface area contributed by atoms with Crippen LogP contribution < -0.4 is 9.64 Å². The maximum Gasteiger partial charge on any atom is 0.138 e. The third-order valence-corrected chi connectivity index (χ3v) is 5.71. The molecule has 4 rings (SSSR count).